The van der Waals surface area contributed by atoms with Crippen LogP contribution in [0.15, 0.2) is 42.5 Å². The van der Waals surface area contributed by atoms with Gasteiger partial charge in [-0.15, -0.1) is 0 Å². The Morgan fingerprint density at radius 2 is 1.88 bits per heavy atom. The number of nitrogens with zero attached hydrogens (tertiary/aromatic N) is 1. The summed E-state index contributed by atoms with van der Waals surface area (Å²) in [5.41, 5.74) is 2.23. The number of methoxy groups -OCH3 is 1. The van der Waals surface area contributed by atoms with E-state index in [0.29, 0.717) is 22.6 Å². The van der Waals surface area contributed by atoms with E-state index in [1.165, 1.54) is 13.5 Å². The van der Waals surface area contributed by atoms with E-state index in [0.717, 1.165) is 47.9 Å². The number of hydrogen-bond acceptors (Lipinski definition) is 3. The number of carboxylic acids is 1. The van der Waals surface area contributed by atoms with E-state index in [2.05, 4.69) is 0 Å². The standard InChI is InChI=1S/C26H26FNO4/c1-32-24(29)17-11-12-20-21(13-17)28-15-26(27,25(30)31)14-18-9-5-6-10-19(18)23(28)22(20)16-7-3-2-4-8-16/h5-6,9-13,16H,2-4,7-8,14-15H2,1H3,(H,30,31). The van der Waals surface area contributed by atoms with Gasteiger partial charge < -0.3 is 14.4 Å². The first-order chi connectivity index (χ1) is 15.4. The fraction of sp³-hybridized carbons (Fsp3) is 0.385. The highest BCUT2D eigenvalue weighted by Gasteiger charge is 2.44. The summed E-state index contributed by atoms with van der Waals surface area (Å²) in [5.74, 6) is -1.62. The molecule has 0 bridgehead atoms. The Labute approximate surface area is 185 Å². The molecule has 0 saturated heterocycles. The van der Waals surface area contributed by atoms with E-state index < -0.39 is 17.6 Å². The number of hydrogen-bond donors (Lipinski definition) is 1. The van der Waals surface area contributed by atoms with Crippen LogP contribution < -0.4 is 0 Å². The molecular formula is C26H26FNO4. The Morgan fingerprint density at radius 1 is 1.12 bits per heavy atom. The van der Waals surface area contributed by atoms with Crippen molar-refractivity contribution in [2.75, 3.05) is 7.11 Å². The molecule has 32 heavy (non-hydrogen) atoms. The second kappa shape index (κ2) is 7.76. The first-order valence-electron chi connectivity index (χ1n) is 11.2. The lowest BCUT2D eigenvalue weighted by Gasteiger charge is -2.24. The number of carbonyl (C=O) groups is 2. The van der Waals surface area contributed by atoms with Crippen molar-refractivity contribution in [2.24, 2.45) is 0 Å². The number of rotatable bonds is 3. The number of ether oxygens (including phenoxy) is 1. The van der Waals surface area contributed by atoms with Gasteiger partial charge in [-0.25, -0.2) is 14.0 Å². The number of aromatic nitrogens is 1. The third-order valence-corrected chi connectivity index (χ3v) is 7.07. The van der Waals surface area contributed by atoms with Crippen LogP contribution in [-0.4, -0.2) is 34.4 Å². The predicted octanol–water partition coefficient (Wildman–Crippen LogP) is 5.49. The fourth-order valence-electron chi connectivity index (χ4n) is 5.54. The van der Waals surface area contributed by atoms with Gasteiger partial charge in [0, 0.05) is 22.9 Å². The molecule has 2 aliphatic rings. The SMILES string of the molecule is COC(=O)c1ccc2c(C3CCCCC3)c3n(c2c1)CC(F)(C(=O)O)Cc1ccccc1-3. The van der Waals surface area contributed by atoms with Crippen LogP contribution >= 0.6 is 0 Å². The summed E-state index contributed by atoms with van der Waals surface area (Å²) in [6.45, 7) is -0.305. The van der Waals surface area contributed by atoms with Gasteiger partial charge in [-0.05, 0) is 42.0 Å². The molecule has 5 nitrogen and oxygen atoms in total. The molecule has 0 radical (unpaired) electrons. The molecule has 1 aliphatic heterocycles. The zero-order chi connectivity index (χ0) is 22.5. The minimum atomic E-state index is -2.45. The van der Waals surface area contributed by atoms with E-state index in [4.69, 9.17) is 4.74 Å². The maximum absolute atomic E-state index is 15.9. The number of carbonyl (C=O) groups excluding carboxylic acids is 1. The third-order valence-electron chi connectivity index (χ3n) is 7.07. The summed E-state index contributed by atoms with van der Waals surface area (Å²) in [6, 6.07) is 12.9. The number of alkyl halides is 1. The predicted molar refractivity (Wildman–Crippen MR) is 120 cm³/mol. The van der Waals surface area contributed by atoms with Crippen molar-refractivity contribution in [1.82, 2.24) is 4.57 Å². The van der Waals surface area contributed by atoms with E-state index >= 15 is 4.39 Å². The Kier molecular flexibility index (Phi) is 5.03. The van der Waals surface area contributed by atoms with Crippen molar-refractivity contribution in [3.05, 3.63) is 59.2 Å². The number of esters is 1. The molecule has 2 heterocycles. The van der Waals surface area contributed by atoms with Crippen molar-refractivity contribution in [3.8, 4) is 11.3 Å². The summed E-state index contributed by atoms with van der Waals surface area (Å²) in [5, 5.41) is 10.8. The van der Waals surface area contributed by atoms with Crippen molar-refractivity contribution in [2.45, 2.75) is 56.7 Å². The van der Waals surface area contributed by atoms with Crippen molar-refractivity contribution in [1.29, 1.82) is 0 Å². The highest BCUT2D eigenvalue weighted by Crippen LogP contribution is 2.47. The second-order valence-corrected chi connectivity index (χ2v) is 9.01. The molecule has 1 atom stereocenters. The minimum absolute atomic E-state index is 0.192. The molecule has 1 saturated carbocycles. The Morgan fingerprint density at radius 3 is 2.59 bits per heavy atom. The smallest absolute Gasteiger partial charge is 0.343 e. The highest BCUT2D eigenvalue weighted by molar-refractivity contribution is 5.99. The molecule has 1 unspecified atom stereocenters. The van der Waals surface area contributed by atoms with Gasteiger partial charge in [0.1, 0.15) is 0 Å². The van der Waals surface area contributed by atoms with Crippen LogP contribution in [0.4, 0.5) is 4.39 Å². The monoisotopic (exact) mass is 435 g/mol. The van der Waals surface area contributed by atoms with Gasteiger partial charge in [-0.2, -0.15) is 0 Å². The van der Waals surface area contributed by atoms with E-state index in [1.54, 1.807) is 16.7 Å². The number of aliphatic carboxylic acids is 1. The van der Waals surface area contributed by atoms with E-state index in [1.807, 2.05) is 30.3 Å². The first kappa shape index (κ1) is 20.7. The summed E-state index contributed by atoms with van der Waals surface area (Å²) in [4.78, 5) is 24.3. The summed E-state index contributed by atoms with van der Waals surface area (Å²) >= 11 is 0. The number of carboxylic acid groups (broad SMARTS) is 1. The molecule has 0 spiro atoms. The Bertz CT molecular complexity index is 1220. The van der Waals surface area contributed by atoms with Gasteiger partial charge in [0.25, 0.3) is 0 Å². The summed E-state index contributed by atoms with van der Waals surface area (Å²) < 4.78 is 22.6. The lowest BCUT2D eigenvalue weighted by atomic mass is 9.81. The van der Waals surface area contributed by atoms with E-state index in [9.17, 15) is 14.7 Å². The van der Waals surface area contributed by atoms with Crippen LogP contribution in [-0.2, 0) is 22.5 Å². The van der Waals surface area contributed by atoms with E-state index in [-0.39, 0.29) is 13.0 Å². The van der Waals surface area contributed by atoms with Crippen molar-refractivity contribution < 1.29 is 23.8 Å². The van der Waals surface area contributed by atoms with Gasteiger partial charge >= 0.3 is 11.9 Å². The average molecular weight is 435 g/mol. The van der Waals surface area contributed by atoms with Gasteiger partial charge in [0.2, 0.25) is 5.67 Å². The molecule has 1 aliphatic carbocycles. The van der Waals surface area contributed by atoms with Gasteiger partial charge in [-0.3, -0.25) is 0 Å². The molecule has 6 heteroatoms. The number of benzene rings is 2. The topological polar surface area (TPSA) is 68.5 Å². The van der Waals surface area contributed by atoms with Crippen LogP contribution in [0, 0.1) is 0 Å². The molecule has 2 aromatic carbocycles. The second-order valence-electron chi connectivity index (χ2n) is 9.01. The lowest BCUT2D eigenvalue weighted by Crippen LogP contribution is -2.39. The first-order valence-corrected chi connectivity index (χ1v) is 11.2. The normalized spacial score (nSPS) is 20.9. The molecule has 1 fully saturated rings. The minimum Gasteiger partial charge on any atom is -0.479 e. The maximum Gasteiger partial charge on any atom is 0.343 e. The molecule has 1 aromatic heterocycles. The number of fused-ring (bicyclic) bond motifs is 5. The van der Waals surface area contributed by atoms with Crippen molar-refractivity contribution >= 4 is 22.8 Å². The molecule has 166 valence electrons. The molecule has 3 aromatic rings. The average Bonchev–Trinajstić information content (AvgIpc) is 3.04. The highest BCUT2D eigenvalue weighted by atomic mass is 19.1. The van der Waals surface area contributed by atoms with Crippen LogP contribution in [0.3, 0.4) is 0 Å². The van der Waals surface area contributed by atoms with Gasteiger partial charge in [0.05, 0.1) is 24.9 Å². The van der Waals surface area contributed by atoms with Crippen LogP contribution in [0.1, 0.15) is 59.5 Å². The summed E-state index contributed by atoms with van der Waals surface area (Å²) in [6.07, 6.45) is 5.39. The maximum atomic E-state index is 15.9. The van der Waals surface area contributed by atoms with Crippen molar-refractivity contribution in [3.63, 3.8) is 0 Å². The fourth-order valence-corrected chi connectivity index (χ4v) is 5.54. The largest absolute Gasteiger partial charge is 0.479 e. The summed E-state index contributed by atoms with van der Waals surface area (Å²) in [7, 11) is 1.33. The third kappa shape index (κ3) is 3.20. The molecular weight excluding hydrogens is 409 g/mol. The molecule has 1 N–H and O–H groups in total. The van der Waals surface area contributed by atoms with Gasteiger partial charge in [-0.1, -0.05) is 49.6 Å². The Balaban J connectivity index is 1.86. The number of halogens is 1. The Hall–Kier alpha value is -3.15. The zero-order valence-corrected chi connectivity index (χ0v) is 18.1. The van der Waals surface area contributed by atoms with Crippen LogP contribution in [0.5, 0.6) is 0 Å². The zero-order valence-electron chi connectivity index (χ0n) is 18.1. The van der Waals surface area contributed by atoms with Crippen LogP contribution in [0.25, 0.3) is 22.2 Å². The van der Waals surface area contributed by atoms with Crippen LogP contribution in [0.2, 0.25) is 0 Å². The van der Waals surface area contributed by atoms with Gasteiger partial charge in [0.15, 0.2) is 0 Å². The quantitative estimate of drug-likeness (QED) is 0.552. The molecule has 5 rings (SSSR count). The molecule has 0 amide bonds. The lowest BCUT2D eigenvalue weighted by molar-refractivity contribution is -0.151.